The standard InChI is InChI=1S/C13H15F3N2O/c14-13(15,16)11-4-1-3-10(7-11)9-18-6-2-5-17-8-12(18)19/h1,3-4,7,17H,2,5-6,8-9H2. The molecule has 1 N–H and O–H groups in total. The maximum Gasteiger partial charge on any atom is 0.416 e. The van der Waals surface area contributed by atoms with E-state index < -0.39 is 11.7 Å². The van der Waals surface area contributed by atoms with Gasteiger partial charge in [0.2, 0.25) is 5.91 Å². The van der Waals surface area contributed by atoms with Crippen LogP contribution in [-0.2, 0) is 17.5 Å². The van der Waals surface area contributed by atoms with Gasteiger partial charge in [-0.1, -0.05) is 12.1 Å². The summed E-state index contributed by atoms with van der Waals surface area (Å²) < 4.78 is 37.8. The number of hydrogen-bond acceptors (Lipinski definition) is 2. The van der Waals surface area contributed by atoms with E-state index in [9.17, 15) is 18.0 Å². The van der Waals surface area contributed by atoms with Crippen LogP contribution in [0.15, 0.2) is 24.3 Å². The van der Waals surface area contributed by atoms with Crippen molar-refractivity contribution >= 4 is 5.91 Å². The number of nitrogens with zero attached hydrogens (tertiary/aromatic N) is 1. The fourth-order valence-corrected chi connectivity index (χ4v) is 2.06. The van der Waals surface area contributed by atoms with Gasteiger partial charge in [0, 0.05) is 13.1 Å². The van der Waals surface area contributed by atoms with Gasteiger partial charge in [-0.2, -0.15) is 13.2 Å². The molecular formula is C13H15F3N2O. The molecule has 1 fully saturated rings. The number of alkyl halides is 3. The fraction of sp³-hybridized carbons (Fsp3) is 0.462. The Morgan fingerprint density at radius 2 is 2.11 bits per heavy atom. The first-order valence-electron chi connectivity index (χ1n) is 6.11. The summed E-state index contributed by atoms with van der Waals surface area (Å²) in [7, 11) is 0. The molecule has 1 saturated heterocycles. The molecule has 0 spiro atoms. The molecule has 6 heteroatoms. The highest BCUT2D eigenvalue weighted by atomic mass is 19.4. The highest BCUT2D eigenvalue weighted by Crippen LogP contribution is 2.29. The van der Waals surface area contributed by atoms with Crippen molar-refractivity contribution in [3.63, 3.8) is 0 Å². The minimum atomic E-state index is -4.35. The molecule has 0 unspecified atom stereocenters. The highest BCUT2D eigenvalue weighted by molar-refractivity contribution is 5.78. The Labute approximate surface area is 109 Å². The summed E-state index contributed by atoms with van der Waals surface area (Å²) >= 11 is 0. The summed E-state index contributed by atoms with van der Waals surface area (Å²) in [6.07, 6.45) is -3.54. The molecule has 0 aromatic heterocycles. The summed E-state index contributed by atoms with van der Waals surface area (Å²) in [6, 6.07) is 5.13. The number of halogens is 3. The monoisotopic (exact) mass is 272 g/mol. The summed E-state index contributed by atoms with van der Waals surface area (Å²) in [4.78, 5) is 13.3. The number of benzene rings is 1. The molecule has 1 aromatic rings. The van der Waals surface area contributed by atoms with E-state index in [1.807, 2.05) is 0 Å². The smallest absolute Gasteiger partial charge is 0.337 e. The van der Waals surface area contributed by atoms with Crippen molar-refractivity contribution < 1.29 is 18.0 Å². The third-order valence-corrected chi connectivity index (χ3v) is 3.04. The maximum atomic E-state index is 12.6. The van der Waals surface area contributed by atoms with Crippen LogP contribution in [0.25, 0.3) is 0 Å². The Hall–Kier alpha value is -1.56. The van der Waals surface area contributed by atoms with Gasteiger partial charge in [-0.15, -0.1) is 0 Å². The van der Waals surface area contributed by atoms with Crippen molar-refractivity contribution in [2.24, 2.45) is 0 Å². The average Bonchev–Trinajstić information content (AvgIpc) is 2.54. The number of carbonyl (C=O) groups is 1. The molecule has 1 heterocycles. The van der Waals surface area contributed by atoms with Crippen LogP contribution in [0.5, 0.6) is 0 Å². The molecule has 0 saturated carbocycles. The van der Waals surface area contributed by atoms with Gasteiger partial charge >= 0.3 is 6.18 Å². The molecule has 1 aromatic carbocycles. The molecule has 0 aliphatic carbocycles. The van der Waals surface area contributed by atoms with Gasteiger partial charge in [-0.05, 0) is 30.7 Å². The van der Waals surface area contributed by atoms with Crippen LogP contribution in [0.2, 0.25) is 0 Å². The van der Waals surface area contributed by atoms with E-state index in [1.54, 1.807) is 11.0 Å². The fourth-order valence-electron chi connectivity index (χ4n) is 2.06. The van der Waals surface area contributed by atoms with Crippen LogP contribution in [0.4, 0.5) is 13.2 Å². The molecule has 2 rings (SSSR count). The lowest BCUT2D eigenvalue weighted by atomic mass is 10.1. The van der Waals surface area contributed by atoms with Crippen molar-refractivity contribution in [1.29, 1.82) is 0 Å². The van der Waals surface area contributed by atoms with Crippen molar-refractivity contribution in [3.05, 3.63) is 35.4 Å². The lowest BCUT2D eigenvalue weighted by molar-refractivity contribution is -0.137. The third kappa shape index (κ3) is 3.70. The summed E-state index contributed by atoms with van der Waals surface area (Å²) in [5.74, 6) is -0.0742. The number of nitrogens with one attached hydrogen (secondary N) is 1. The van der Waals surface area contributed by atoms with E-state index in [-0.39, 0.29) is 19.0 Å². The quantitative estimate of drug-likeness (QED) is 0.893. The van der Waals surface area contributed by atoms with E-state index in [1.165, 1.54) is 6.07 Å². The molecular weight excluding hydrogens is 257 g/mol. The van der Waals surface area contributed by atoms with Gasteiger partial charge in [-0.25, -0.2) is 0 Å². The van der Waals surface area contributed by atoms with E-state index >= 15 is 0 Å². The van der Waals surface area contributed by atoms with Crippen LogP contribution < -0.4 is 5.32 Å². The van der Waals surface area contributed by atoms with Crippen LogP contribution >= 0.6 is 0 Å². The summed E-state index contributed by atoms with van der Waals surface area (Å²) in [5.41, 5.74) is -0.171. The molecule has 0 atom stereocenters. The van der Waals surface area contributed by atoms with Crippen molar-refractivity contribution in [1.82, 2.24) is 10.2 Å². The van der Waals surface area contributed by atoms with Gasteiger partial charge < -0.3 is 10.2 Å². The Morgan fingerprint density at radius 3 is 2.84 bits per heavy atom. The first kappa shape index (κ1) is 13.9. The van der Waals surface area contributed by atoms with Crippen LogP contribution in [-0.4, -0.2) is 30.4 Å². The minimum absolute atomic E-state index is 0.0742. The van der Waals surface area contributed by atoms with Crippen LogP contribution in [0.1, 0.15) is 17.5 Å². The number of rotatable bonds is 2. The zero-order chi connectivity index (χ0) is 13.9. The Morgan fingerprint density at radius 1 is 1.32 bits per heavy atom. The first-order valence-corrected chi connectivity index (χ1v) is 6.11. The summed E-state index contributed by atoms with van der Waals surface area (Å²) in [6.45, 7) is 1.80. The van der Waals surface area contributed by atoms with Gasteiger partial charge in [0.1, 0.15) is 0 Å². The number of amides is 1. The van der Waals surface area contributed by atoms with Crippen molar-refractivity contribution in [2.75, 3.05) is 19.6 Å². The Bertz CT molecular complexity index is 459. The zero-order valence-corrected chi connectivity index (χ0v) is 10.3. The Balaban J connectivity index is 2.12. The van der Waals surface area contributed by atoms with E-state index in [2.05, 4.69) is 5.32 Å². The van der Waals surface area contributed by atoms with E-state index in [4.69, 9.17) is 0 Å². The summed E-state index contributed by atoms with van der Waals surface area (Å²) in [5, 5.41) is 2.98. The van der Waals surface area contributed by atoms with Crippen molar-refractivity contribution in [2.45, 2.75) is 19.1 Å². The van der Waals surface area contributed by atoms with Gasteiger partial charge in [-0.3, -0.25) is 4.79 Å². The topological polar surface area (TPSA) is 32.3 Å². The highest BCUT2D eigenvalue weighted by Gasteiger charge is 2.30. The predicted octanol–water partition coefficient (Wildman–Crippen LogP) is 2.03. The normalized spacial score (nSPS) is 17.4. The third-order valence-electron chi connectivity index (χ3n) is 3.04. The molecule has 1 amide bonds. The van der Waals surface area contributed by atoms with E-state index in [0.717, 1.165) is 25.1 Å². The predicted molar refractivity (Wildman–Crippen MR) is 64.3 cm³/mol. The molecule has 1 aliphatic heterocycles. The second-order valence-corrected chi connectivity index (χ2v) is 4.54. The second-order valence-electron chi connectivity index (χ2n) is 4.54. The molecule has 1 aliphatic rings. The molecule has 104 valence electrons. The average molecular weight is 272 g/mol. The molecule has 19 heavy (non-hydrogen) atoms. The number of carbonyl (C=O) groups excluding carboxylic acids is 1. The van der Waals surface area contributed by atoms with Crippen LogP contribution in [0, 0.1) is 0 Å². The zero-order valence-electron chi connectivity index (χ0n) is 10.3. The first-order chi connectivity index (χ1) is 8.97. The largest absolute Gasteiger partial charge is 0.416 e. The van der Waals surface area contributed by atoms with Crippen LogP contribution in [0.3, 0.4) is 0 Å². The van der Waals surface area contributed by atoms with Gasteiger partial charge in [0.15, 0.2) is 0 Å². The van der Waals surface area contributed by atoms with Crippen molar-refractivity contribution in [3.8, 4) is 0 Å². The van der Waals surface area contributed by atoms with E-state index in [0.29, 0.717) is 12.1 Å². The minimum Gasteiger partial charge on any atom is -0.337 e. The maximum absolute atomic E-state index is 12.6. The molecule has 0 bridgehead atoms. The molecule has 3 nitrogen and oxygen atoms in total. The van der Waals surface area contributed by atoms with Gasteiger partial charge in [0.25, 0.3) is 0 Å². The SMILES string of the molecule is O=C1CNCCCN1Cc1cccc(C(F)(F)F)c1. The lowest BCUT2D eigenvalue weighted by Crippen LogP contribution is -2.34. The second kappa shape index (κ2) is 5.61. The van der Waals surface area contributed by atoms with Gasteiger partial charge in [0.05, 0.1) is 12.1 Å². The lowest BCUT2D eigenvalue weighted by Gasteiger charge is -2.20. The molecule has 0 radical (unpaired) electrons. The Kier molecular flexibility index (Phi) is 4.09. The number of hydrogen-bond donors (Lipinski definition) is 1.